The number of nitrogens with zero attached hydrogens (tertiary/aromatic N) is 2. The minimum atomic E-state index is 0.873. The van der Waals surface area contributed by atoms with Crippen molar-refractivity contribution in [3.63, 3.8) is 0 Å². The minimum Gasteiger partial charge on any atom is -0.456 e. The highest BCUT2D eigenvalue weighted by molar-refractivity contribution is 6.16. The van der Waals surface area contributed by atoms with Crippen molar-refractivity contribution in [2.75, 3.05) is 4.90 Å². The van der Waals surface area contributed by atoms with E-state index in [-0.39, 0.29) is 0 Å². The Morgan fingerprint density at radius 3 is 1.86 bits per heavy atom. The Balaban J connectivity index is 1.25. The molecule has 0 radical (unpaired) electrons. The molecule has 0 amide bonds. The standard InChI is InChI=1S/C46H30N2O/c1-3-12-31(13-4-1)32-22-24-36(25-23-32)47(42-19-11-21-45-46(42)38-18-9-10-20-44(38)49-45)37-26-27-41-40(30-37)39-28-33-14-7-8-15-34(33)29-43(39)48(41)35-16-5-2-6-17-35/h1-30H. The topological polar surface area (TPSA) is 21.3 Å². The number of fused-ring (bicyclic) bond motifs is 7. The molecule has 3 heteroatoms. The summed E-state index contributed by atoms with van der Waals surface area (Å²) in [7, 11) is 0. The van der Waals surface area contributed by atoms with Gasteiger partial charge in [0, 0.05) is 33.2 Å². The lowest BCUT2D eigenvalue weighted by atomic mass is 10.0. The summed E-state index contributed by atoms with van der Waals surface area (Å²) in [6.45, 7) is 0. The van der Waals surface area contributed by atoms with Gasteiger partial charge in [-0.3, -0.25) is 0 Å². The second-order valence-corrected chi connectivity index (χ2v) is 12.6. The predicted octanol–water partition coefficient (Wildman–Crippen LogP) is 13.0. The number of hydrogen-bond donors (Lipinski definition) is 0. The van der Waals surface area contributed by atoms with Crippen molar-refractivity contribution >= 4 is 71.6 Å². The van der Waals surface area contributed by atoms with E-state index in [2.05, 4.69) is 179 Å². The van der Waals surface area contributed by atoms with Gasteiger partial charge in [0.2, 0.25) is 0 Å². The highest BCUT2D eigenvalue weighted by Gasteiger charge is 2.21. The lowest BCUT2D eigenvalue weighted by Crippen LogP contribution is -2.10. The van der Waals surface area contributed by atoms with E-state index in [0.717, 1.165) is 44.7 Å². The van der Waals surface area contributed by atoms with Crippen molar-refractivity contribution in [3.05, 3.63) is 182 Å². The van der Waals surface area contributed by atoms with Crippen LogP contribution in [-0.2, 0) is 0 Å². The zero-order valence-corrected chi connectivity index (χ0v) is 26.6. The van der Waals surface area contributed by atoms with Gasteiger partial charge in [0.25, 0.3) is 0 Å². The van der Waals surface area contributed by atoms with Crippen LogP contribution in [0.15, 0.2) is 186 Å². The maximum Gasteiger partial charge on any atom is 0.137 e. The molecule has 2 aromatic heterocycles. The summed E-state index contributed by atoms with van der Waals surface area (Å²) in [5, 5.41) is 7.10. The van der Waals surface area contributed by atoms with Gasteiger partial charge in [-0.2, -0.15) is 0 Å². The lowest BCUT2D eigenvalue weighted by molar-refractivity contribution is 0.669. The van der Waals surface area contributed by atoms with Gasteiger partial charge in [-0.1, -0.05) is 109 Å². The largest absolute Gasteiger partial charge is 0.456 e. The molecule has 0 spiro atoms. The Hall–Kier alpha value is -6.58. The molecule has 10 rings (SSSR count). The molecule has 0 atom stereocenters. The van der Waals surface area contributed by atoms with Gasteiger partial charge in [-0.25, -0.2) is 0 Å². The van der Waals surface area contributed by atoms with E-state index >= 15 is 0 Å². The number of hydrogen-bond acceptors (Lipinski definition) is 2. The monoisotopic (exact) mass is 626 g/mol. The number of benzene rings is 8. The molecule has 0 aliphatic rings. The van der Waals surface area contributed by atoms with Crippen molar-refractivity contribution in [1.29, 1.82) is 0 Å². The summed E-state index contributed by atoms with van der Waals surface area (Å²) >= 11 is 0. The molecule has 0 bridgehead atoms. The highest BCUT2D eigenvalue weighted by Crippen LogP contribution is 2.45. The van der Waals surface area contributed by atoms with E-state index in [0.29, 0.717) is 0 Å². The summed E-state index contributed by atoms with van der Waals surface area (Å²) in [4.78, 5) is 2.38. The molecule has 0 aliphatic carbocycles. The van der Waals surface area contributed by atoms with Crippen LogP contribution in [0.5, 0.6) is 0 Å². The molecule has 2 heterocycles. The zero-order valence-electron chi connectivity index (χ0n) is 26.6. The second-order valence-electron chi connectivity index (χ2n) is 12.6. The Kier molecular flexibility index (Phi) is 6.18. The lowest BCUT2D eigenvalue weighted by Gasteiger charge is -2.26. The number of para-hydroxylation sites is 2. The average Bonchev–Trinajstić information content (AvgIpc) is 3.70. The van der Waals surface area contributed by atoms with Crippen LogP contribution in [-0.4, -0.2) is 4.57 Å². The first kappa shape index (κ1) is 27.5. The second kappa shape index (κ2) is 11.0. The van der Waals surface area contributed by atoms with Gasteiger partial charge in [0.05, 0.1) is 22.1 Å². The van der Waals surface area contributed by atoms with Crippen molar-refractivity contribution in [3.8, 4) is 16.8 Å². The molecule has 0 unspecified atom stereocenters. The Labute approximate surface area is 283 Å². The Bertz CT molecular complexity index is 2810. The van der Waals surface area contributed by atoms with E-state index in [1.807, 2.05) is 12.1 Å². The third-order valence-electron chi connectivity index (χ3n) is 9.74. The number of aromatic nitrogens is 1. The van der Waals surface area contributed by atoms with Crippen LogP contribution in [0.25, 0.3) is 71.3 Å². The van der Waals surface area contributed by atoms with Crippen molar-refractivity contribution in [1.82, 2.24) is 4.57 Å². The van der Waals surface area contributed by atoms with Crippen LogP contribution >= 0.6 is 0 Å². The van der Waals surface area contributed by atoms with Gasteiger partial charge in [0.1, 0.15) is 11.2 Å². The SMILES string of the molecule is c1ccc(-c2ccc(N(c3ccc4c(c3)c3cc5ccccc5cc3n4-c3ccccc3)c3cccc4oc5ccccc5c34)cc2)cc1. The average molecular weight is 627 g/mol. The first-order valence-electron chi connectivity index (χ1n) is 16.7. The van der Waals surface area contributed by atoms with E-state index in [9.17, 15) is 0 Å². The smallest absolute Gasteiger partial charge is 0.137 e. The van der Waals surface area contributed by atoms with E-state index < -0.39 is 0 Å². The third-order valence-corrected chi connectivity index (χ3v) is 9.74. The van der Waals surface area contributed by atoms with Crippen molar-refractivity contribution < 1.29 is 4.42 Å². The summed E-state index contributed by atoms with van der Waals surface area (Å²) in [6.07, 6.45) is 0. The molecular formula is C46H30N2O. The summed E-state index contributed by atoms with van der Waals surface area (Å²) in [5.41, 5.74) is 10.9. The molecule has 8 aromatic carbocycles. The van der Waals surface area contributed by atoms with Crippen LogP contribution in [0.3, 0.4) is 0 Å². The quantitative estimate of drug-likeness (QED) is 0.190. The Morgan fingerprint density at radius 2 is 1.04 bits per heavy atom. The van der Waals surface area contributed by atoms with E-state index in [1.54, 1.807) is 0 Å². The maximum atomic E-state index is 6.38. The molecule has 49 heavy (non-hydrogen) atoms. The van der Waals surface area contributed by atoms with E-state index in [1.165, 1.54) is 43.7 Å². The van der Waals surface area contributed by atoms with Gasteiger partial charge in [0.15, 0.2) is 0 Å². The first-order chi connectivity index (χ1) is 24.3. The number of furan rings is 1. The van der Waals surface area contributed by atoms with Crippen LogP contribution in [0.4, 0.5) is 17.1 Å². The molecule has 0 fully saturated rings. The molecule has 230 valence electrons. The van der Waals surface area contributed by atoms with Crippen LogP contribution < -0.4 is 4.90 Å². The van der Waals surface area contributed by atoms with Crippen LogP contribution in [0, 0.1) is 0 Å². The highest BCUT2D eigenvalue weighted by atomic mass is 16.3. The van der Waals surface area contributed by atoms with Crippen LogP contribution in [0.2, 0.25) is 0 Å². The minimum absolute atomic E-state index is 0.873. The normalized spacial score (nSPS) is 11.7. The van der Waals surface area contributed by atoms with E-state index in [4.69, 9.17) is 4.42 Å². The summed E-state index contributed by atoms with van der Waals surface area (Å²) in [5.74, 6) is 0. The number of rotatable bonds is 5. The summed E-state index contributed by atoms with van der Waals surface area (Å²) in [6, 6.07) is 65.0. The van der Waals surface area contributed by atoms with Crippen molar-refractivity contribution in [2.24, 2.45) is 0 Å². The number of anilines is 3. The van der Waals surface area contributed by atoms with Gasteiger partial charge >= 0.3 is 0 Å². The molecule has 3 nitrogen and oxygen atoms in total. The molecule has 0 aliphatic heterocycles. The fraction of sp³-hybridized carbons (Fsp3) is 0. The molecule has 0 saturated heterocycles. The molecular weight excluding hydrogens is 597 g/mol. The Morgan fingerprint density at radius 1 is 0.408 bits per heavy atom. The van der Waals surface area contributed by atoms with Crippen molar-refractivity contribution in [2.45, 2.75) is 0 Å². The molecule has 0 N–H and O–H groups in total. The third kappa shape index (κ3) is 4.44. The van der Waals surface area contributed by atoms with Gasteiger partial charge in [-0.15, -0.1) is 0 Å². The fourth-order valence-corrected chi connectivity index (χ4v) is 7.49. The molecule has 0 saturated carbocycles. The first-order valence-corrected chi connectivity index (χ1v) is 16.7. The van der Waals surface area contributed by atoms with Crippen LogP contribution in [0.1, 0.15) is 0 Å². The van der Waals surface area contributed by atoms with Gasteiger partial charge < -0.3 is 13.9 Å². The fourth-order valence-electron chi connectivity index (χ4n) is 7.49. The predicted molar refractivity (Wildman–Crippen MR) is 206 cm³/mol. The van der Waals surface area contributed by atoms with Gasteiger partial charge in [-0.05, 0) is 94.7 Å². The summed E-state index contributed by atoms with van der Waals surface area (Å²) < 4.78 is 8.78. The maximum absolute atomic E-state index is 6.38. The zero-order chi connectivity index (χ0) is 32.3. The molecule has 10 aromatic rings.